The number of aliphatic imine (C=N–C) groups is 1. The molecular weight excluding hydrogens is 290 g/mol. The van der Waals surface area contributed by atoms with E-state index < -0.39 is 0 Å². The third-order valence-electron chi connectivity index (χ3n) is 4.32. The monoisotopic (exact) mass is 323 g/mol. The predicted octanol–water partition coefficient (Wildman–Crippen LogP) is 0.894. The Balaban J connectivity index is 1.74. The summed E-state index contributed by atoms with van der Waals surface area (Å²) < 4.78 is 0. The Bertz CT molecular complexity index is 398. The summed E-state index contributed by atoms with van der Waals surface area (Å²) in [5, 5.41) is 6.36. The number of hydrogen-bond acceptors (Lipinski definition) is 3. The van der Waals surface area contributed by atoms with Crippen LogP contribution in [-0.2, 0) is 4.79 Å². The van der Waals surface area contributed by atoms with Crippen LogP contribution in [0.4, 0.5) is 0 Å². The lowest BCUT2D eigenvalue weighted by Crippen LogP contribution is -2.54. The standard InChI is InChI=1S/C17H33N5O/c1-4-18-17(19-8-7-15-5-6-15)22-11-9-21(10-12-22)13-16(23)20-14(2)3/h14-15H,4-13H2,1-3H3,(H,18,19)(H,20,23). The Morgan fingerprint density at radius 3 is 2.48 bits per heavy atom. The second-order valence-electron chi connectivity index (χ2n) is 6.95. The van der Waals surface area contributed by atoms with E-state index in [1.54, 1.807) is 0 Å². The number of hydrogen-bond donors (Lipinski definition) is 2. The van der Waals surface area contributed by atoms with Gasteiger partial charge >= 0.3 is 0 Å². The summed E-state index contributed by atoms with van der Waals surface area (Å²) in [6.07, 6.45) is 4.01. The molecule has 1 aliphatic carbocycles. The zero-order chi connectivity index (χ0) is 16.7. The number of carbonyl (C=O) groups is 1. The highest BCUT2D eigenvalue weighted by Gasteiger charge is 2.22. The van der Waals surface area contributed by atoms with Gasteiger partial charge in [0.1, 0.15) is 0 Å². The molecule has 1 amide bonds. The number of nitrogens with one attached hydrogen (secondary N) is 2. The van der Waals surface area contributed by atoms with Crippen LogP contribution in [0.15, 0.2) is 4.99 Å². The van der Waals surface area contributed by atoms with Gasteiger partial charge in [0.15, 0.2) is 5.96 Å². The average Bonchev–Trinajstić information content (AvgIpc) is 3.30. The van der Waals surface area contributed by atoms with Crippen molar-refractivity contribution in [3.8, 4) is 0 Å². The first kappa shape index (κ1) is 18.0. The van der Waals surface area contributed by atoms with Gasteiger partial charge in [-0.05, 0) is 33.1 Å². The molecule has 1 aliphatic heterocycles. The Morgan fingerprint density at radius 2 is 1.91 bits per heavy atom. The lowest BCUT2D eigenvalue weighted by atomic mass is 10.3. The van der Waals surface area contributed by atoms with E-state index in [4.69, 9.17) is 4.99 Å². The molecule has 0 aromatic rings. The molecule has 132 valence electrons. The van der Waals surface area contributed by atoms with E-state index in [1.807, 2.05) is 13.8 Å². The summed E-state index contributed by atoms with van der Waals surface area (Å²) in [4.78, 5) is 21.2. The maximum atomic E-state index is 11.8. The fourth-order valence-electron chi connectivity index (χ4n) is 2.87. The first-order valence-electron chi connectivity index (χ1n) is 9.13. The van der Waals surface area contributed by atoms with Crippen molar-refractivity contribution >= 4 is 11.9 Å². The molecule has 6 nitrogen and oxygen atoms in total. The van der Waals surface area contributed by atoms with Crippen molar-refractivity contribution in [2.24, 2.45) is 10.9 Å². The number of guanidine groups is 1. The van der Waals surface area contributed by atoms with E-state index >= 15 is 0 Å². The van der Waals surface area contributed by atoms with Crippen LogP contribution >= 0.6 is 0 Å². The van der Waals surface area contributed by atoms with Gasteiger partial charge in [0.2, 0.25) is 5.91 Å². The summed E-state index contributed by atoms with van der Waals surface area (Å²) in [7, 11) is 0. The molecular formula is C17H33N5O. The largest absolute Gasteiger partial charge is 0.357 e. The van der Waals surface area contributed by atoms with Crippen molar-refractivity contribution < 1.29 is 4.79 Å². The van der Waals surface area contributed by atoms with E-state index in [1.165, 1.54) is 19.3 Å². The Hall–Kier alpha value is -1.30. The lowest BCUT2D eigenvalue weighted by molar-refractivity contribution is -0.123. The Morgan fingerprint density at radius 1 is 1.22 bits per heavy atom. The third-order valence-corrected chi connectivity index (χ3v) is 4.32. The molecule has 0 atom stereocenters. The van der Waals surface area contributed by atoms with E-state index in [2.05, 4.69) is 27.4 Å². The van der Waals surface area contributed by atoms with E-state index in [-0.39, 0.29) is 11.9 Å². The normalized spacial score (nSPS) is 20.0. The molecule has 2 rings (SSSR count). The minimum absolute atomic E-state index is 0.124. The van der Waals surface area contributed by atoms with E-state index in [0.717, 1.165) is 51.1 Å². The second kappa shape index (κ2) is 9.11. The fourth-order valence-corrected chi connectivity index (χ4v) is 2.87. The summed E-state index contributed by atoms with van der Waals surface area (Å²) in [5.41, 5.74) is 0. The molecule has 23 heavy (non-hydrogen) atoms. The van der Waals surface area contributed by atoms with Crippen molar-refractivity contribution in [1.82, 2.24) is 20.4 Å². The molecule has 0 unspecified atom stereocenters. The van der Waals surface area contributed by atoms with Crippen LogP contribution in [0.5, 0.6) is 0 Å². The molecule has 0 bridgehead atoms. The zero-order valence-corrected chi connectivity index (χ0v) is 15.0. The number of nitrogens with zero attached hydrogens (tertiary/aromatic N) is 3. The first-order chi connectivity index (χ1) is 11.1. The smallest absolute Gasteiger partial charge is 0.234 e. The summed E-state index contributed by atoms with van der Waals surface area (Å²) in [6.45, 7) is 12.1. The van der Waals surface area contributed by atoms with Gasteiger partial charge in [-0.25, -0.2) is 0 Å². The van der Waals surface area contributed by atoms with Gasteiger partial charge in [-0.1, -0.05) is 12.8 Å². The van der Waals surface area contributed by atoms with Gasteiger partial charge in [-0.2, -0.15) is 0 Å². The van der Waals surface area contributed by atoms with Crippen molar-refractivity contribution in [1.29, 1.82) is 0 Å². The summed E-state index contributed by atoms with van der Waals surface area (Å²) in [5.74, 6) is 2.09. The van der Waals surface area contributed by atoms with Crippen molar-refractivity contribution in [3.63, 3.8) is 0 Å². The molecule has 0 aromatic carbocycles. The van der Waals surface area contributed by atoms with E-state index in [0.29, 0.717) is 6.54 Å². The highest BCUT2D eigenvalue weighted by atomic mass is 16.2. The van der Waals surface area contributed by atoms with Gasteiger partial charge in [0.25, 0.3) is 0 Å². The number of carbonyl (C=O) groups excluding carboxylic acids is 1. The summed E-state index contributed by atoms with van der Waals surface area (Å²) >= 11 is 0. The highest BCUT2D eigenvalue weighted by molar-refractivity contribution is 5.80. The van der Waals surface area contributed by atoms with Crippen molar-refractivity contribution in [3.05, 3.63) is 0 Å². The lowest BCUT2D eigenvalue weighted by Gasteiger charge is -2.36. The fraction of sp³-hybridized carbons (Fsp3) is 0.882. The van der Waals surface area contributed by atoms with Crippen LogP contribution in [-0.4, -0.2) is 73.5 Å². The molecule has 0 aromatic heterocycles. The molecule has 0 radical (unpaired) electrons. The molecule has 1 saturated heterocycles. The number of amides is 1. The van der Waals surface area contributed by atoms with Crippen LogP contribution in [0.2, 0.25) is 0 Å². The quantitative estimate of drug-likeness (QED) is 0.540. The minimum Gasteiger partial charge on any atom is -0.357 e. The minimum atomic E-state index is 0.124. The van der Waals surface area contributed by atoms with Crippen LogP contribution in [0.1, 0.15) is 40.0 Å². The van der Waals surface area contributed by atoms with Crippen LogP contribution < -0.4 is 10.6 Å². The summed E-state index contributed by atoms with van der Waals surface area (Å²) in [6, 6.07) is 0.211. The van der Waals surface area contributed by atoms with Gasteiger partial charge in [0.05, 0.1) is 6.54 Å². The van der Waals surface area contributed by atoms with Crippen molar-refractivity contribution in [2.75, 3.05) is 45.8 Å². The molecule has 2 N–H and O–H groups in total. The Kier molecular flexibility index (Phi) is 7.15. The van der Waals surface area contributed by atoms with Crippen LogP contribution in [0.25, 0.3) is 0 Å². The molecule has 2 fully saturated rings. The third kappa shape index (κ3) is 6.77. The topological polar surface area (TPSA) is 60.0 Å². The van der Waals surface area contributed by atoms with Crippen LogP contribution in [0.3, 0.4) is 0 Å². The molecule has 6 heteroatoms. The number of piperazine rings is 1. The second-order valence-corrected chi connectivity index (χ2v) is 6.95. The SMILES string of the molecule is CCNC(=NCCC1CC1)N1CCN(CC(=O)NC(C)C)CC1. The maximum Gasteiger partial charge on any atom is 0.234 e. The van der Waals surface area contributed by atoms with Gasteiger partial charge in [-0.3, -0.25) is 14.7 Å². The van der Waals surface area contributed by atoms with Crippen LogP contribution in [0, 0.1) is 5.92 Å². The van der Waals surface area contributed by atoms with Gasteiger partial charge < -0.3 is 15.5 Å². The predicted molar refractivity (Wildman–Crippen MR) is 94.6 cm³/mol. The van der Waals surface area contributed by atoms with E-state index in [9.17, 15) is 4.79 Å². The zero-order valence-electron chi connectivity index (χ0n) is 15.0. The van der Waals surface area contributed by atoms with Gasteiger partial charge in [-0.15, -0.1) is 0 Å². The molecule has 0 spiro atoms. The molecule has 1 saturated carbocycles. The highest BCUT2D eigenvalue weighted by Crippen LogP contribution is 2.32. The maximum absolute atomic E-state index is 11.8. The average molecular weight is 323 g/mol. The van der Waals surface area contributed by atoms with Gasteiger partial charge in [0, 0.05) is 45.3 Å². The molecule has 2 aliphatic rings. The van der Waals surface area contributed by atoms with Crippen molar-refractivity contribution in [2.45, 2.75) is 46.1 Å². The molecule has 1 heterocycles. The number of rotatable bonds is 7. The Labute approximate surface area is 140 Å². The first-order valence-corrected chi connectivity index (χ1v) is 9.13.